The highest BCUT2D eigenvalue weighted by atomic mass is 35.5. The third-order valence-corrected chi connectivity index (χ3v) is 3.41. The fourth-order valence-corrected chi connectivity index (χ4v) is 2.01. The lowest BCUT2D eigenvalue weighted by atomic mass is 10.1. The second-order valence-corrected chi connectivity index (χ2v) is 4.84. The molecule has 0 N–H and O–H groups in total. The van der Waals surface area contributed by atoms with Gasteiger partial charge in [0.15, 0.2) is 0 Å². The molecule has 0 saturated carbocycles. The molecule has 0 fully saturated rings. The zero-order valence-electron chi connectivity index (χ0n) is 7.64. The van der Waals surface area contributed by atoms with Crippen molar-refractivity contribution in [1.82, 2.24) is 0 Å². The van der Waals surface area contributed by atoms with Crippen LogP contribution in [0.1, 0.15) is 30.2 Å². The Morgan fingerprint density at radius 2 is 2.33 bits per heavy atom. The summed E-state index contributed by atoms with van der Waals surface area (Å²) in [5, 5.41) is 2.58. The summed E-state index contributed by atoms with van der Waals surface area (Å²) in [6.45, 7) is 4.28. The van der Waals surface area contributed by atoms with Crippen molar-refractivity contribution in [3.63, 3.8) is 0 Å². The number of rotatable bonds is 4. The molecule has 1 heterocycles. The largest absolute Gasteiger partial charge is 0.149 e. The molecule has 1 rings (SSSR count). The number of hydrogen-bond donors (Lipinski definition) is 0. The molecule has 0 aromatic carbocycles. The summed E-state index contributed by atoms with van der Waals surface area (Å²) in [6, 6.07) is 2.25. The predicted molar refractivity (Wildman–Crippen MR) is 57.3 cm³/mol. The van der Waals surface area contributed by atoms with Crippen molar-refractivity contribution in [2.24, 2.45) is 0 Å². The van der Waals surface area contributed by atoms with E-state index >= 15 is 0 Å². The molecule has 12 heavy (non-hydrogen) atoms. The molecule has 2 heteroatoms. The molecule has 0 aliphatic heterocycles. The standard InChI is InChI=1S/C10H15ClS/c1-3-10(11)5-4-9-6-8(2)12-7-9/h6-7,10H,3-5H2,1-2H3. The minimum Gasteiger partial charge on any atom is -0.149 e. The number of thiophene rings is 1. The Morgan fingerprint density at radius 3 is 2.83 bits per heavy atom. The van der Waals surface area contributed by atoms with Gasteiger partial charge in [0.2, 0.25) is 0 Å². The molecule has 0 radical (unpaired) electrons. The van der Waals surface area contributed by atoms with E-state index in [0.717, 1.165) is 19.3 Å². The third-order valence-electron chi connectivity index (χ3n) is 1.97. The Morgan fingerprint density at radius 1 is 1.58 bits per heavy atom. The molecule has 1 aromatic heterocycles. The predicted octanol–water partition coefficient (Wildman–Crippen LogP) is 4.01. The summed E-state index contributed by atoms with van der Waals surface area (Å²) in [6.07, 6.45) is 3.31. The van der Waals surface area contributed by atoms with E-state index in [1.54, 1.807) is 0 Å². The maximum atomic E-state index is 6.03. The van der Waals surface area contributed by atoms with Gasteiger partial charge in [-0.25, -0.2) is 0 Å². The third kappa shape index (κ3) is 3.16. The molecule has 68 valence electrons. The zero-order chi connectivity index (χ0) is 8.97. The molecule has 0 amide bonds. The Hall–Kier alpha value is -0.0100. The van der Waals surface area contributed by atoms with E-state index in [1.165, 1.54) is 10.4 Å². The summed E-state index contributed by atoms with van der Waals surface area (Å²) < 4.78 is 0. The number of hydrogen-bond acceptors (Lipinski definition) is 1. The van der Waals surface area contributed by atoms with E-state index in [2.05, 4.69) is 25.3 Å². The van der Waals surface area contributed by atoms with Crippen molar-refractivity contribution in [2.45, 2.75) is 38.5 Å². The molecule has 1 aromatic rings. The zero-order valence-corrected chi connectivity index (χ0v) is 9.21. The average Bonchev–Trinajstić information content (AvgIpc) is 2.47. The van der Waals surface area contributed by atoms with Crippen molar-refractivity contribution >= 4 is 22.9 Å². The van der Waals surface area contributed by atoms with Gasteiger partial charge in [-0.15, -0.1) is 22.9 Å². The van der Waals surface area contributed by atoms with E-state index < -0.39 is 0 Å². The lowest BCUT2D eigenvalue weighted by Crippen LogP contribution is -1.97. The topological polar surface area (TPSA) is 0 Å². The van der Waals surface area contributed by atoms with Crippen LogP contribution in [0.15, 0.2) is 11.4 Å². The molecule has 1 atom stereocenters. The number of halogens is 1. The quantitative estimate of drug-likeness (QED) is 0.648. The fourth-order valence-electron chi connectivity index (χ4n) is 1.16. The first-order valence-corrected chi connectivity index (χ1v) is 5.72. The molecular formula is C10H15ClS. The second kappa shape index (κ2) is 4.88. The molecule has 0 spiro atoms. The van der Waals surface area contributed by atoms with E-state index in [1.807, 2.05) is 11.3 Å². The minimum atomic E-state index is 0.352. The molecule has 0 aliphatic rings. The van der Waals surface area contributed by atoms with Gasteiger partial charge >= 0.3 is 0 Å². The van der Waals surface area contributed by atoms with Crippen LogP contribution in [0.5, 0.6) is 0 Å². The Labute approximate surface area is 83.6 Å². The van der Waals surface area contributed by atoms with Crippen molar-refractivity contribution < 1.29 is 0 Å². The summed E-state index contributed by atoms with van der Waals surface area (Å²) in [5.41, 5.74) is 1.44. The van der Waals surface area contributed by atoms with Gasteiger partial charge < -0.3 is 0 Å². The first kappa shape index (κ1) is 10.1. The van der Waals surface area contributed by atoms with Gasteiger partial charge in [0.1, 0.15) is 0 Å². The van der Waals surface area contributed by atoms with Gasteiger partial charge in [-0.1, -0.05) is 6.92 Å². The normalized spacial score (nSPS) is 13.2. The van der Waals surface area contributed by atoms with Gasteiger partial charge in [0, 0.05) is 10.3 Å². The van der Waals surface area contributed by atoms with Gasteiger partial charge in [-0.2, -0.15) is 0 Å². The lowest BCUT2D eigenvalue weighted by molar-refractivity contribution is 0.728. The van der Waals surface area contributed by atoms with Gasteiger partial charge in [0.25, 0.3) is 0 Å². The minimum absolute atomic E-state index is 0.352. The molecule has 0 aliphatic carbocycles. The van der Waals surface area contributed by atoms with E-state index in [4.69, 9.17) is 11.6 Å². The van der Waals surface area contributed by atoms with Crippen LogP contribution in [0.25, 0.3) is 0 Å². The van der Waals surface area contributed by atoms with Crippen molar-refractivity contribution in [2.75, 3.05) is 0 Å². The van der Waals surface area contributed by atoms with E-state index in [0.29, 0.717) is 5.38 Å². The van der Waals surface area contributed by atoms with Crippen LogP contribution in [0.3, 0.4) is 0 Å². The van der Waals surface area contributed by atoms with Crippen LogP contribution in [0.2, 0.25) is 0 Å². The second-order valence-electron chi connectivity index (χ2n) is 3.11. The SMILES string of the molecule is CCC(Cl)CCc1csc(C)c1. The number of aryl methyl sites for hydroxylation is 2. The van der Waals surface area contributed by atoms with Crippen molar-refractivity contribution in [3.8, 4) is 0 Å². The Kier molecular flexibility index (Phi) is 4.10. The first-order valence-electron chi connectivity index (χ1n) is 4.40. The Bertz CT molecular complexity index is 229. The fraction of sp³-hybridized carbons (Fsp3) is 0.600. The molecule has 0 bridgehead atoms. The molecular weight excluding hydrogens is 188 g/mol. The Balaban J connectivity index is 2.33. The summed E-state index contributed by atoms with van der Waals surface area (Å²) in [5.74, 6) is 0. The van der Waals surface area contributed by atoms with Crippen LogP contribution < -0.4 is 0 Å². The smallest absolute Gasteiger partial charge is 0.0336 e. The number of alkyl halides is 1. The monoisotopic (exact) mass is 202 g/mol. The summed E-state index contributed by atoms with van der Waals surface area (Å²) in [4.78, 5) is 1.40. The molecule has 1 unspecified atom stereocenters. The summed E-state index contributed by atoms with van der Waals surface area (Å²) >= 11 is 7.85. The maximum Gasteiger partial charge on any atom is 0.0336 e. The van der Waals surface area contributed by atoms with E-state index in [9.17, 15) is 0 Å². The molecule has 0 nitrogen and oxygen atoms in total. The molecule has 0 saturated heterocycles. The van der Waals surface area contributed by atoms with Crippen LogP contribution in [0, 0.1) is 6.92 Å². The highest BCUT2D eigenvalue weighted by molar-refractivity contribution is 7.10. The average molecular weight is 203 g/mol. The van der Waals surface area contributed by atoms with E-state index in [-0.39, 0.29) is 0 Å². The van der Waals surface area contributed by atoms with Crippen LogP contribution in [-0.4, -0.2) is 5.38 Å². The lowest BCUT2D eigenvalue weighted by Gasteiger charge is -2.03. The maximum absolute atomic E-state index is 6.03. The van der Waals surface area contributed by atoms with Crippen LogP contribution >= 0.6 is 22.9 Å². The van der Waals surface area contributed by atoms with Gasteiger partial charge in [-0.05, 0) is 43.2 Å². The first-order chi connectivity index (χ1) is 5.72. The van der Waals surface area contributed by atoms with Gasteiger partial charge in [0.05, 0.1) is 0 Å². The highest BCUT2D eigenvalue weighted by Gasteiger charge is 2.02. The summed E-state index contributed by atoms with van der Waals surface area (Å²) in [7, 11) is 0. The van der Waals surface area contributed by atoms with Crippen molar-refractivity contribution in [3.05, 3.63) is 21.9 Å². The van der Waals surface area contributed by atoms with Crippen LogP contribution in [0.4, 0.5) is 0 Å². The van der Waals surface area contributed by atoms with Gasteiger partial charge in [-0.3, -0.25) is 0 Å². The highest BCUT2D eigenvalue weighted by Crippen LogP contribution is 2.17. The van der Waals surface area contributed by atoms with Crippen molar-refractivity contribution in [1.29, 1.82) is 0 Å². The van der Waals surface area contributed by atoms with Crippen LogP contribution in [-0.2, 0) is 6.42 Å².